The fourth-order valence-electron chi connectivity index (χ4n) is 2.00. The van der Waals surface area contributed by atoms with Crippen LogP contribution in [0.25, 0.3) is 0 Å². The molecule has 1 aromatic rings. The number of nitrogens with zero attached hydrogens (tertiary/aromatic N) is 1. The molecular formula is C13H19ClN2O. The Kier molecular flexibility index (Phi) is 4.97. The third-order valence-electron chi connectivity index (χ3n) is 2.95. The third-order valence-corrected chi connectivity index (χ3v) is 2.95. The van der Waals surface area contributed by atoms with Gasteiger partial charge in [0.25, 0.3) is 5.91 Å². The summed E-state index contributed by atoms with van der Waals surface area (Å²) in [6.07, 6.45) is 0. The van der Waals surface area contributed by atoms with E-state index in [0.717, 1.165) is 25.2 Å². The summed E-state index contributed by atoms with van der Waals surface area (Å²) in [6, 6.07) is 8.18. The Morgan fingerprint density at radius 3 is 2.59 bits per heavy atom. The number of nitrogens with one attached hydrogen (secondary N) is 1. The number of aryl methyl sites for hydroxylation is 1. The molecule has 1 aliphatic rings. The molecule has 94 valence electrons. The van der Waals surface area contributed by atoms with Crippen molar-refractivity contribution in [2.75, 3.05) is 19.6 Å². The largest absolute Gasteiger partial charge is 0.336 e. The summed E-state index contributed by atoms with van der Waals surface area (Å²) < 4.78 is 0. The predicted molar refractivity (Wildman–Crippen MR) is 71.8 cm³/mol. The number of carbonyl (C=O) groups excluding carboxylic acids is 1. The van der Waals surface area contributed by atoms with Crippen LogP contribution in [-0.4, -0.2) is 36.5 Å². The summed E-state index contributed by atoms with van der Waals surface area (Å²) in [5.41, 5.74) is 1.98. The number of hydrogen-bond acceptors (Lipinski definition) is 2. The van der Waals surface area contributed by atoms with E-state index in [1.807, 2.05) is 36.1 Å². The molecule has 1 amide bonds. The summed E-state index contributed by atoms with van der Waals surface area (Å²) in [5, 5.41) is 3.33. The van der Waals surface area contributed by atoms with Crippen molar-refractivity contribution in [3.05, 3.63) is 35.4 Å². The van der Waals surface area contributed by atoms with Crippen LogP contribution in [0.4, 0.5) is 0 Å². The molecule has 0 aliphatic carbocycles. The van der Waals surface area contributed by atoms with E-state index in [4.69, 9.17) is 0 Å². The minimum atomic E-state index is 0. The molecule has 17 heavy (non-hydrogen) atoms. The average molecular weight is 255 g/mol. The van der Waals surface area contributed by atoms with Gasteiger partial charge in [0.2, 0.25) is 0 Å². The maximum atomic E-state index is 12.2. The third kappa shape index (κ3) is 3.45. The van der Waals surface area contributed by atoms with Crippen LogP contribution >= 0.6 is 12.4 Å². The van der Waals surface area contributed by atoms with E-state index in [9.17, 15) is 4.79 Å². The molecule has 1 heterocycles. The molecule has 1 N–H and O–H groups in total. The Labute approximate surface area is 109 Å². The second-order valence-corrected chi connectivity index (χ2v) is 4.47. The van der Waals surface area contributed by atoms with Crippen molar-refractivity contribution in [1.82, 2.24) is 10.2 Å². The van der Waals surface area contributed by atoms with Gasteiger partial charge in [-0.1, -0.05) is 17.7 Å². The van der Waals surface area contributed by atoms with Crippen molar-refractivity contribution in [3.63, 3.8) is 0 Å². The predicted octanol–water partition coefficient (Wildman–Crippen LogP) is 1.85. The highest BCUT2D eigenvalue weighted by atomic mass is 35.5. The van der Waals surface area contributed by atoms with Crippen molar-refractivity contribution < 1.29 is 4.79 Å². The molecule has 0 aromatic heterocycles. The van der Waals surface area contributed by atoms with Crippen molar-refractivity contribution >= 4 is 18.3 Å². The lowest BCUT2D eigenvalue weighted by Gasteiger charge is -2.32. The molecule has 1 saturated heterocycles. The van der Waals surface area contributed by atoms with Crippen LogP contribution in [0, 0.1) is 6.92 Å². The summed E-state index contributed by atoms with van der Waals surface area (Å²) in [6.45, 7) is 6.62. The lowest BCUT2D eigenvalue weighted by atomic mass is 10.1. The van der Waals surface area contributed by atoms with Crippen molar-refractivity contribution in [1.29, 1.82) is 0 Å². The Morgan fingerprint density at radius 2 is 2.00 bits per heavy atom. The number of rotatable bonds is 1. The monoisotopic (exact) mass is 254 g/mol. The first kappa shape index (κ1) is 14.0. The van der Waals surface area contributed by atoms with Crippen LogP contribution in [0.5, 0.6) is 0 Å². The van der Waals surface area contributed by atoms with Gasteiger partial charge < -0.3 is 10.2 Å². The van der Waals surface area contributed by atoms with E-state index in [2.05, 4.69) is 12.2 Å². The highest BCUT2D eigenvalue weighted by Crippen LogP contribution is 2.09. The van der Waals surface area contributed by atoms with Gasteiger partial charge in [-0.3, -0.25) is 4.79 Å². The highest BCUT2D eigenvalue weighted by molar-refractivity contribution is 5.94. The quantitative estimate of drug-likeness (QED) is 0.830. The first-order valence-electron chi connectivity index (χ1n) is 5.76. The van der Waals surface area contributed by atoms with Crippen LogP contribution in [-0.2, 0) is 0 Å². The maximum absolute atomic E-state index is 12.2. The fourth-order valence-corrected chi connectivity index (χ4v) is 2.00. The average Bonchev–Trinajstić information content (AvgIpc) is 2.29. The van der Waals surface area contributed by atoms with E-state index in [0.29, 0.717) is 6.04 Å². The summed E-state index contributed by atoms with van der Waals surface area (Å²) in [5.74, 6) is 0.147. The van der Waals surface area contributed by atoms with E-state index in [1.165, 1.54) is 5.56 Å². The second kappa shape index (κ2) is 6.03. The first-order valence-corrected chi connectivity index (χ1v) is 5.76. The molecule has 0 saturated carbocycles. The van der Waals surface area contributed by atoms with Gasteiger partial charge in [0, 0.05) is 31.2 Å². The number of piperazine rings is 1. The second-order valence-electron chi connectivity index (χ2n) is 4.47. The molecule has 1 fully saturated rings. The standard InChI is InChI=1S/C13H18N2O.ClH/c1-10-3-5-12(6-4-10)13(16)15-8-7-14-11(2)9-15;/h3-6,11,14H,7-9H2,1-2H3;1H. The van der Waals surface area contributed by atoms with Gasteiger partial charge in [0.15, 0.2) is 0 Å². The number of benzene rings is 1. The van der Waals surface area contributed by atoms with Crippen molar-refractivity contribution in [3.8, 4) is 0 Å². The van der Waals surface area contributed by atoms with Crippen LogP contribution in [0.2, 0.25) is 0 Å². The minimum absolute atomic E-state index is 0. The topological polar surface area (TPSA) is 32.3 Å². The number of halogens is 1. The SMILES string of the molecule is Cc1ccc(C(=O)N2CCNC(C)C2)cc1.Cl. The molecule has 1 aliphatic heterocycles. The zero-order chi connectivity index (χ0) is 11.5. The summed E-state index contributed by atoms with van der Waals surface area (Å²) in [4.78, 5) is 14.1. The summed E-state index contributed by atoms with van der Waals surface area (Å²) in [7, 11) is 0. The normalized spacial score (nSPS) is 19.6. The Hall–Kier alpha value is -1.06. The van der Waals surface area contributed by atoms with E-state index in [-0.39, 0.29) is 18.3 Å². The molecular weight excluding hydrogens is 236 g/mol. The molecule has 0 radical (unpaired) electrons. The Morgan fingerprint density at radius 1 is 1.35 bits per heavy atom. The number of amides is 1. The zero-order valence-corrected chi connectivity index (χ0v) is 11.1. The Balaban J connectivity index is 0.00000144. The van der Waals surface area contributed by atoms with E-state index < -0.39 is 0 Å². The van der Waals surface area contributed by atoms with Gasteiger partial charge in [-0.05, 0) is 26.0 Å². The molecule has 0 bridgehead atoms. The van der Waals surface area contributed by atoms with E-state index >= 15 is 0 Å². The van der Waals surface area contributed by atoms with Gasteiger partial charge >= 0.3 is 0 Å². The van der Waals surface area contributed by atoms with E-state index in [1.54, 1.807) is 0 Å². The molecule has 1 aromatic carbocycles. The van der Waals surface area contributed by atoms with Gasteiger partial charge in [0.1, 0.15) is 0 Å². The minimum Gasteiger partial charge on any atom is -0.336 e. The van der Waals surface area contributed by atoms with Gasteiger partial charge in [0.05, 0.1) is 0 Å². The van der Waals surface area contributed by atoms with Gasteiger partial charge in [-0.25, -0.2) is 0 Å². The first-order chi connectivity index (χ1) is 7.66. The number of hydrogen-bond donors (Lipinski definition) is 1. The smallest absolute Gasteiger partial charge is 0.253 e. The van der Waals surface area contributed by atoms with Crippen LogP contribution in [0.1, 0.15) is 22.8 Å². The fraction of sp³-hybridized carbons (Fsp3) is 0.462. The highest BCUT2D eigenvalue weighted by Gasteiger charge is 2.21. The lowest BCUT2D eigenvalue weighted by Crippen LogP contribution is -2.51. The summed E-state index contributed by atoms with van der Waals surface area (Å²) >= 11 is 0. The lowest BCUT2D eigenvalue weighted by molar-refractivity contribution is 0.0709. The molecule has 2 rings (SSSR count). The van der Waals surface area contributed by atoms with Crippen LogP contribution < -0.4 is 5.32 Å². The zero-order valence-electron chi connectivity index (χ0n) is 10.3. The van der Waals surface area contributed by atoms with Gasteiger partial charge in [-0.2, -0.15) is 0 Å². The van der Waals surface area contributed by atoms with Crippen molar-refractivity contribution in [2.24, 2.45) is 0 Å². The molecule has 1 unspecified atom stereocenters. The van der Waals surface area contributed by atoms with Crippen LogP contribution in [0.3, 0.4) is 0 Å². The molecule has 1 atom stereocenters. The Bertz CT molecular complexity index is 378. The maximum Gasteiger partial charge on any atom is 0.253 e. The molecule has 0 spiro atoms. The number of carbonyl (C=O) groups is 1. The molecule has 3 nitrogen and oxygen atoms in total. The van der Waals surface area contributed by atoms with Crippen molar-refractivity contribution in [2.45, 2.75) is 19.9 Å². The van der Waals surface area contributed by atoms with Gasteiger partial charge in [-0.15, -0.1) is 12.4 Å². The van der Waals surface area contributed by atoms with Crippen LogP contribution in [0.15, 0.2) is 24.3 Å². The molecule has 4 heteroatoms.